The van der Waals surface area contributed by atoms with Crippen molar-refractivity contribution in [2.24, 2.45) is 11.7 Å². The molecule has 0 radical (unpaired) electrons. The Bertz CT molecular complexity index is 685. The smallest absolute Gasteiger partial charge is 0.266 e. The number of aromatic amines is 1. The van der Waals surface area contributed by atoms with Crippen LogP contribution < -0.4 is 16.6 Å². The minimum atomic E-state index is -0.440. The highest BCUT2D eigenvalue weighted by molar-refractivity contribution is 5.77. The topological polar surface area (TPSA) is 112 Å². The van der Waals surface area contributed by atoms with Crippen LogP contribution in [0.1, 0.15) is 49.6 Å². The van der Waals surface area contributed by atoms with Gasteiger partial charge in [-0.3, -0.25) is 9.59 Å². The van der Waals surface area contributed by atoms with Gasteiger partial charge in [0.15, 0.2) is 0 Å². The molecular formula is C17H26N4O2. The lowest BCUT2D eigenvalue weighted by Gasteiger charge is -2.33. The fraction of sp³-hybridized carbons (Fsp3) is 0.588. The van der Waals surface area contributed by atoms with Crippen LogP contribution in [0.25, 0.3) is 0 Å². The molecule has 0 saturated carbocycles. The largest absolute Gasteiger partial charge is 0.349 e. The van der Waals surface area contributed by atoms with E-state index >= 15 is 0 Å². The van der Waals surface area contributed by atoms with E-state index in [9.17, 15) is 9.59 Å². The first-order valence-electron chi connectivity index (χ1n) is 7.79. The molecule has 1 atom stereocenters. The summed E-state index contributed by atoms with van der Waals surface area (Å²) < 4.78 is 0. The van der Waals surface area contributed by atoms with Gasteiger partial charge >= 0.3 is 0 Å². The number of hydrogen-bond donors (Lipinski definition) is 3. The van der Waals surface area contributed by atoms with Gasteiger partial charge in [0.1, 0.15) is 11.6 Å². The van der Waals surface area contributed by atoms with E-state index in [1.165, 1.54) is 0 Å². The molecule has 1 amide bonds. The number of nitrogens with two attached hydrogens (primary N) is 1. The number of aryl methyl sites for hydroxylation is 1. The van der Waals surface area contributed by atoms with Crippen LogP contribution in [0, 0.1) is 31.1 Å². The van der Waals surface area contributed by atoms with Crippen molar-refractivity contribution in [1.82, 2.24) is 10.3 Å². The van der Waals surface area contributed by atoms with Gasteiger partial charge in [-0.2, -0.15) is 5.26 Å². The van der Waals surface area contributed by atoms with Crippen molar-refractivity contribution in [3.63, 3.8) is 0 Å². The fourth-order valence-corrected chi connectivity index (χ4v) is 2.47. The first-order valence-corrected chi connectivity index (χ1v) is 7.79. The standard InChI is InChI=1S/C17H26N4O2/c1-10(2)17(5,9-19)21-15(22)7-6-13-11(3)14(8-18)16(23)20-12(13)4/h10H,6-7,9,19H2,1-5H3,(H,20,23)(H,21,22). The fourth-order valence-electron chi connectivity index (χ4n) is 2.47. The zero-order chi connectivity index (χ0) is 17.8. The molecule has 4 N–H and O–H groups in total. The first-order chi connectivity index (χ1) is 10.7. The second-order valence-electron chi connectivity index (χ2n) is 6.49. The van der Waals surface area contributed by atoms with Crippen LogP contribution in [0.3, 0.4) is 0 Å². The van der Waals surface area contributed by atoms with Crippen LogP contribution in [-0.4, -0.2) is 23.0 Å². The summed E-state index contributed by atoms with van der Waals surface area (Å²) in [4.78, 5) is 26.6. The molecule has 0 spiro atoms. The third-order valence-corrected chi connectivity index (χ3v) is 4.65. The van der Waals surface area contributed by atoms with Crippen molar-refractivity contribution in [3.8, 4) is 6.07 Å². The summed E-state index contributed by atoms with van der Waals surface area (Å²) in [5, 5.41) is 12.1. The molecule has 1 rings (SSSR count). The highest BCUT2D eigenvalue weighted by Gasteiger charge is 2.28. The summed E-state index contributed by atoms with van der Waals surface area (Å²) in [5.74, 6) is 0.133. The van der Waals surface area contributed by atoms with E-state index in [1.54, 1.807) is 13.8 Å². The summed E-state index contributed by atoms with van der Waals surface area (Å²) in [6.45, 7) is 9.85. The van der Waals surface area contributed by atoms with Gasteiger partial charge < -0.3 is 16.0 Å². The van der Waals surface area contributed by atoms with Crippen LogP contribution in [0.4, 0.5) is 0 Å². The molecule has 1 unspecified atom stereocenters. The van der Waals surface area contributed by atoms with Gasteiger partial charge in [0, 0.05) is 18.7 Å². The van der Waals surface area contributed by atoms with Crippen molar-refractivity contribution in [2.45, 2.75) is 53.0 Å². The van der Waals surface area contributed by atoms with Crippen LogP contribution in [0.15, 0.2) is 4.79 Å². The van der Waals surface area contributed by atoms with Gasteiger partial charge in [-0.25, -0.2) is 0 Å². The molecule has 6 nitrogen and oxygen atoms in total. The van der Waals surface area contributed by atoms with Crippen molar-refractivity contribution in [2.75, 3.05) is 6.54 Å². The second-order valence-corrected chi connectivity index (χ2v) is 6.49. The molecule has 1 aromatic rings. The van der Waals surface area contributed by atoms with Crippen LogP contribution in [0.5, 0.6) is 0 Å². The van der Waals surface area contributed by atoms with Crippen molar-refractivity contribution in [3.05, 3.63) is 32.7 Å². The van der Waals surface area contributed by atoms with Crippen LogP contribution in [0.2, 0.25) is 0 Å². The van der Waals surface area contributed by atoms with Gasteiger partial charge in [-0.05, 0) is 44.2 Å². The van der Waals surface area contributed by atoms with Gasteiger partial charge in [0.25, 0.3) is 5.56 Å². The summed E-state index contributed by atoms with van der Waals surface area (Å²) in [6.07, 6.45) is 0.745. The average molecular weight is 318 g/mol. The number of nitrogens with one attached hydrogen (secondary N) is 2. The van der Waals surface area contributed by atoms with Crippen LogP contribution >= 0.6 is 0 Å². The molecular weight excluding hydrogens is 292 g/mol. The van der Waals surface area contributed by atoms with E-state index in [0.29, 0.717) is 24.2 Å². The summed E-state index contributed by atoms with van der Waals surface area (Å²) >= 11 is 0. The summed E-state index contributed by atoms with van der Waals surface area (Å²) in [5.41, 5.74) is 7.25. The molecule has 0 fully saturated rings. The van der Waals surface area contributed by atoms with Crippen molar-refractivity contribution < 1.29 is 4.79 Å². The predicted octanol–water partition coefficient (Wildman–Crippen LogP) is 1.29. The maximum Gasteiger partial charge on any atom is 0.266 e. The Morgan fingerprint density at radius 1 is 1.43 bits per heavy atom. The number of carbonyl (C=O) groups is 1. The van der Waals surface area contributed by atoms with Crippen molar-refractivity contribution in [1.29, 1.82) is 5.26 Å². The highest BCUT2D eigenvalue weighted by atomic mass is 16.1. The minimum absolute atomic E-state index is 0.0878. The van der Waals surface area contributed by atoms with E-state index in [1.807, 2.05) is 26.8 Å². The molecule has 23 heavy (non-hydrogen) atoms. The normalized spacial score (nSPS) is 13.5. The SMILES string of the molecule is Cc1[nH]c(=O)c(C#N)c(C)c1CCC(=O)NC(C)(CN)C(C)C. The van der Waals surface area contributed by atoms with E-state index < -0.39 is 5.54 Å². The molecule has 1 heterocycles. The predicted molar refractivity (Wildman–Crippen MR) is 90.0 cm³/mol. The number of carbonyl (C=O) groups excluding carboxylic acids is 1. The molecule has 0 aliphatic heterocycles. The van der Waals surface area contributed by atoms with Gasteiger partial charge in [0.2, 0.25) is 5.91 Å². The quantitative estimate of drug-likeness (QED) is 0.733. The molecule has 0 saturated heterocycles. The zero-order valence-corrected chi connectivity index (χ0v) is 14.5. The van der Waals surface area contributed by atoms with Gasteiger partial charge in [0.05, 0.1) is 5.54 Å². The lowest BCUT2D eigenvalue weighted by molar-refractivity contribution is -0.123. The lowest BCUT2D eigenvalue weighted by Crippen LogP contribution is -2.55. The Kier molecular flexibility index (Phi) is 6.11. The minimum Gasteiger partial charge on any atom is -0.349 e. The Morgan fingerprint density at radius 2 is 2.04 bits per heavy atom. The average Bonchev–Trinajstić information content (AvgIpc) is 2.46. The number of rotatable bonds is 6. The Balaban J connectivity index is 2.90. The third-order valence-electron chi connectivity index (χ3n) is 4.65. The van der Waals surface area contributed by atoms with E-state index in [2.05, 4.69) is 10.3 Å². The number of amides is 1. The molecule has 1 aromatic heterocycles. The molecule has 0 aliphatic carbocycles. The van der Waals surface area contributed by atoms with Gasteiger partial charge in [-0.15, -0.1) is 0 Å². The number of H-pyrrole nitrogens is 1. The molecule has 0 aliphatic rings. The Morgan fingerprint density at radius 3 is 2.52 bits per heavy atom. The number of pyridine rings is 1. The maximum atomic E-state index is 12.2. The molecule has 0 aromatic carbocycles. The zero-order valence-electron chi connectivity index (χ0n) is 14.5. The Labute approximate surface area is 137 Å². The van der Waals surface area contributed by atoms with E-state index in [-0.39, 0.29) is 29.4 Å². The Hall–Kier alpha value is -2.13. The van der Waals surface area contributed by atoms with Crippen LogP contribution in [-0.2, 0) is 11.2 Å². The summed E-state index contributed by atoms with van der Waals surface area (Å²) in [6, 6.07) is 1.92. The third kappa shape index (κ3) is 4.20. The maximum absolute atomic E-state index is 12.2. The summed E-state index contributed by atoms with van der Waals surface area (Å²) in [7, 11) is 0. The first kappa shape index (κ1) is 18.9. The second kappa shape index (κ2) is 7.42. The number of hydrogen-bond acceptors (Lipinski definition) is 4. The lowest BCUT2D eigenvalue weighted by atomic mass is 9.88. The van der Waals surface area contributed by atoms with E-state index in [0.717, 1.165) is 5.56 Å². The van der Waals surface area contributed by atoms with Crippen molar-refractivity contribution >= 4 is 5.91 Å². The number of nitrogens with zero attached hydrogens (tertiary/aromatic N) is 1. The number of nitriles is 1. The molecule has 126 valence electrons. The van der Waals surface area contributed by atoms with Gasteiger partial charge in [-0.1, -0.05) is 13.8 Å². The highest BCUT2D eigenvalue weighted by Crippen LogP contribution is 2.17. The number of aromatic nitrogens is 1. The molecule has 0 bridgehead atoms. The molecule has 6 heteroatoms. The van der Waals surface area contributed by atoms with E-state index in [4.69, 9.17) is 11.0 Å². The monoisotopic (exact) mass is 318 g/mol.